The van der Waals surface area contributed by atoms with Gasteiger partial charge < -0.3 is 9.47 Å². The predicted molar refractivity (Wildman–Crippen MR) is 88.5 cm³/mol. The van der Waals surface area contributed by atoms with Crippen LogP contribution in [0.3, 0.4) is 0 Å². The molecule has 19 heavy (non-hydrogen) atoms. The summed E-state index contributed by atoms with van der Waals surface area (Å²) in [6, 6.07) is 6.30. The highest BCUT2D eigenvalue weighted by molar-refractivity contribution is 14.1. The highest BCUT2D eigenvalue weighted by Crippen LogP contribution is 2.20. The quantitative estimate of drug-likeness (QED) is 0.563. The number of hydrogen-bond acceptors (Lipinski definition) is 3. The maximum atomic E-state index is 5.82. The molecular weight excluding hydrogens is 377 g/mol. The Morgan fingerprint density at radius 2 is 2.05 bits per heavy atom. The van der Waals surface area contributed by atoms with E-state index in [4.69, 9.17) is 9.47 Å². The molecule has 5 heteroatoms. The minimum absolute atomic E-state index is 0. The molecule has 1 aromatic carbocycles. The second-order valence-corrected chi connectivity index (χ2v) is 5.81. The van der Waals surface area contributed by atoms with Crippen molar-refractivity contribution in [3.8, 4) is 5.75 Å². The van der Waals surface area contributed by atoms with Crippen LogP contribution in [0.25, 0.3) is 0 Å². The largest absolute Gasteiger partial charge is 0.493 e. The van der Waals surface area contributed by atoms with Crippen molar-refractivity contribution in [2.24, 2.45) is 0 Å². The Morgan fingerprint density at radius 3 is 2.74 bits per heavy atom. The first-order valence-corrected chi connectivity index (χ1v) is 7.52. The molecule has 108 valence electrons. The van der Waals surface area contributed by atoms with Crippen molar-refractivity contribution in [1.82, 2.24) is 4.90 Å². The molecule has 1 saturated heterocycles. The van der Waals surface area contributed by atoms with Crippen molar-refractivity contribution in [3.05, 3.63) is 27.3 Å². The predicted octanol–water partition coefficient (Wildman–Crippen LogP) is 3.12. The number of aryl methyl sites for hydroxylation is 1. The Balaban J connectivity index is 0.00000180. The van der Waals surface area contributed by atoms with E-state index >= 15 is 0 Å². The van der Waals surface area contributed by atoms with Crippen LogP contribution in [0.5, 0.6) is 5.75 Å². The first kappa shape index (κ1) is 17.0. The van der Waals surface area contributed by atoms with Crippen molar-refractivity contribution in [2.75, 3.05) is 39.5 Å². The SMILES string of the molecule is Cc1cc(I)ccc1OCCCN1CCOCC1.Cl. The lowest BCUT2D eigenvalue weighted by atomic mass is 10.2. The van der Waals surface area contributed by atoms with Gasteiger partial charge in [0.05, 0.1) is 19.8 Å². The molecule has 2 rings (SSSR count). The number of rotatable bonds is 5. The van der Waals surface area contributed by atoms with Crippen LogP contribution in [-0.2, 0) is 4.74 Å². The Morgan fingerprint density at radius 1 is 1.32 bits per heavy atom. The first-order valence-electron chi connectivity index (χ1n) is 6.45. The number of hydrogen-bond donors (Lipinski definition) is 0. The average Bonchev–Trinajstić information content (AvgIpc) is 2.38. The molecule has 1 aliphatic heterocycles. The minimum Gasteiger partial charge on any atom is -0.493 e. The minimum atomic E-state index is 0. The topological polar surface area (TPSA) is 21.7 Å². The summed E-state index contributed by atoms with van der Waals surface area (Å²) in [6.45, 7) is 7.85. The number of ether oxygens (including phenoxy) is 2. The van der Waals surface area contributed by atoms with Crippen LogP contribution in [0, 0.1) is 10.5 Å². The highest BCUT2D eigenvalue weighted by atomic mass is 127. The van der Waals surface area contributed by atoms with Crippen LogP contribution in [0.4, 0.5) is 0 Å². The summed E-state index contributed by atoms with van der Waals surface area (Å²) in [7, 11) is 0. The van der Waals surface area contributed by atoms with Crippen LogP contribution in [-0.4, -0.2) is 44.4 Å². The molecule has 0 saturated carbocycles. The van der Waals surface area contributed by atoms with Crippen LogP contribution in [0.15, 0.2) is 18.2 Å². The Hall–Kier alpha value is -0.0400. The number of nitrogens with zero attached hydrogens (tertiary/aromatic N) is 1. The lowest BCUT2D eigenvalue weighted by Gasteiger charge is -2.26. The van der Waals surface area contributed by atoms with Gasteiger partial charge in [0.15, 0.2) is 0 Å². The molecule has 1 aliphatic rings. The maximum absolute atomic E-state index is 5.82. The molecule has 0 radical (unpaired) electrons. The first-order chi connectivity index (χ1) is 8.75. The van der Waals surface area contributed by atoms with Gasteiger partial charge in [-0.2, -0.15) is 0 Å². The van der Waals surface area contributed by atoms with Gasteiger partial charge in [0.25, 0.3) is 0 Å². The van der Waals surface area contributed by atoms with Gasteiger partial charge in [-0.15, -0.1) is 12.4 Å². The Kier molecular flexibility index (Phi) is 8.06. The van der Waals surface area contributed by atoms with E-state index in [0.29, 0.717) is 0 Å². The van der Waals surface area contributed by atoms with Crippen LogP contribution < -0.4 is 4.74 Å². The second kappa shape index (κ2) is 9.00. The molecule has 1 heterocycles. The number of halogens is 2. The third-order valence-electron chi connectivity index (χ3n) is 3.12. The summed E-state index contributed by atoms with van der Waals surface area (Å²) in [4.78, 5) is 2.44. The lowest BCUT2D eigenvalue weighted by molar-refractivity contribution is 0.0358. The van der Waals surface area contributed by atoms with Gasteiger partial charge >= 0.3 is 0 Å². The molecule has 3 nitrogen and oxygen atoms in total. The fourth-order valence-electron chi connectivity index (χ4n) is 2.07. The van der Waals surface area contributed by atoms with Gasteiger partial charge in [-0.25, -0.2) is 0 Å². The van der Waals surface area contributed by atoms with Crippen LogP contribution in [0.2, 0.25) is 0 Å². The third kappa shape index (κ3) is 5.85. The van der Waals surface area contributed by atoms with E-state index in [0.717, 1.165) is 51.6 Å². The van der Waals surface area contributed by atoms with E-state index in [2.05, 4.69) is 52.6 Å². The summed E-state index contributed by atoms with van der Waals surface area (Å²) >= 11 is 2.32. The van der Waals surface area contributed by atoms with Crippen molar-refractivity contribution < 1.29 is 9.47 Å². The Labute approximate surface area is 135 Å². The number of benzene rings is 1. The van der Waals surface area contributed by atoms with E-state index in [1.807, 2.05) is 0 Å². The molecule has 0 spiro atoms. The number of morpholine rings is 1. The zero-order valence-corrected chi connectivity index (χ0v) is 14.2. The van der Waals surface area contributed by atoms with Crippen molar-refractivity contribution in [3.63, 3.8) is 0 Å². The molecule has 0 amide bonds. The standard InChI is InChI=1S/C14H20INO2.ClH/c1-12-11-13(15)3-4-14(12)18-8-2-5-16-6-9-17-10-7-16;/h3-4,11H,2,5-10H2,1H3;1H. The average molecular weight is 398 g/mol. The maximum Gasteiger partial charge on any atom is 0.122 e. The summed E-state index contributed by atoms with van der Waals surface area (Å²) in [5, 5.41) is 0. The van der Waals surface area contributed by atoms with Gasteiger partial charge in [0.1, 0.15) is 5.75 Å². The van der Waals surface area contributed by atoms with Crippen molar-refractivity contribution in [1.29, 1.82) is 0 Å². The van der Waals surface area contributed by atoms with E-state index in [1.54, 1.807) is 0 Å². The molecule has 1 aromatic rings. The van der Waals surface area contributed by atoms with Gasteiger partial charge in [0, 0.05) is 23.2 Å². The van der Waals surface area contributed by atoms with E-state index < -0.39 is 0 Å². The zero-order chi connectivity index (χ0) is 12.8. The normalized spacial score (nSPS) is 15.9. The smallest absolute Gasteiger partial charge is 0.122 e. The molecule has 0 unspecified atom stereocenters. The monoisotopic (exact) mass is 397 g/mol. The molecule has 0 bridgehead atoms. The molecule has 0 aliphatic carbocycles. The molecule has 1 fully saturated rings. The Bertz CT molecular complexity index is 384. The van der Waals surface area contributed by atoms with Crippen molar-refractivity contribution >= 4 is 35.0 Å². The third-order valence-corrected chi connectivity index (χ3v) is 3.79. The highest BCUT2D eigenvalue weighted by Gasteiger charge is 2.09. The van der Waals surface area contributed by atoms with Crippen molar-refractivity contribution in [2.45, 2.75) is 13.3 Å². The van der Waals surface area contributed by atoms with E-state index in [-0.39, 0.29) is 12.4 Å². The van der Waals surface area contributed by atoms with Gasteiger partial charge in [-0.3, -0.25) is 4.90 Å². The summed E-state index contributed by atoms with van der Waals surface area (Å²) in [5.74, 6) is 1.01. The van der Waals surface area contributed by atoms with E-state index in [1.165, 1.54) is 9.13 Å². The van der Waals surface area contributed by atoms with E-state index in [9.17, 15) is 0 Å². The fraction of sp³-hybridized carbons (Fsp3) is 0.571. The second-order valence-electron chi connectivity index (χ2n) is 4.57. The fourth-order valence-corrected chi connectivity index (χ4v) is 2.72. The van der Waals surface area contributed by atoms with Gasteiger partial charge in [-0.1, -0.05) is 0 Å². The van der Waals surface area contributed by atoms with Crippen LogP contribution >= 0.6 is 35.0 Å². The lowest BCUT2D eigenvalue weighted by Crippen LogP contribution is -2.37. The van der Waals surface area contributed by atoms with Gasteiger partial charge in [0.2, 0.25) is 0 Å². The zero-order valence-electron chi connectivity index (χ0n) is 11.2. The van der Waals surface area contributed by atoms with Crippen LogP contribution in [0.1, 0.15) is 12.0 Å². The molecule has 0 atom stereocenters. The van der Waals surface area contributed by atoms with Gasteiger partial charge in [-0.05, 0) is 59.7 Å². The molecular formula is C14H21ClINO2. The molecule has 0 N–H and O–H groups in total. The summed E-state index contributed by atoms with van der Waals surface area (Å²) in [6.07, 6.45) is 1.07. The molecule has 0 aromatic heterocycles. The summed E-state index contributed by atoms with van der Waals surface area (Å²) < 4.78 is 12.4. The summed E-state index contributed by atoms with van der Waals surface area (Å²) in [5.41, 5.74) is 1.22.